The summed E-state index contributed by atoms with van der Waals surface area (Å²) in [6.45, 7) is 12.8. The number of aromatic nitrogens is 2. The van der Waals surface area contributed by atoms with Crippen LogP contribution < -0.4 is 20.7 Å². The van der Waals surface area contributed by atoms with Crippen LogP contribution in [0.2, 0.25) is 0 Å². The summed E-state index contributed by atoms with van der Waals surface area (Å²) in [6.07, 6.45) is 2.22. The first-order valence-corrected chi connectivity index (χ1v) is 20.0. The fourth-order valence-electron chi connectivity index (χ4n) is 8.17. The first kappa shape index (κ1) is 41.0. The molecule has 1 N–H and O–H groups in total. The lowest BCUT2D eigenvalue weighted by atomic mass is 9.79. The minimum atomic E-state index is -1.74. The van der Waals surface area contributed by atoms with Gasteiger partial charge in [0.25, 0.3) is 14.1 Å². The quantitative estimate of drug-likeness (QED) is 0.0469. The Morgan fingerprint density at radius 2 is 1.55 bits per heavy atom. The molecule has 13 heteroatoms. The van der Waals surface area contributed by atoms with E-state index in [1.807, 2.05) is 78.9 Å². The smallest absolute Gasteiger partial charge is 0.330 e. The highest BCUT2D eigenvalue weighted by Gasteiger charge is 2.66. The van der Waals surface area contributed by atoms with E-state index in [1.54, 1.807) is 20.3 Å². The molecule has 1 aliphatic heterocycles. The molecule has 12 nitrogen and oxygen atoms in total. The van der Waals surface area contributed by atoms with Crippen LogP contribution in [0.4, 0.5) is 0 Å². The number of nitriles is 1. The lowest BCUT2D eigenvalue weighted by Gasteiger charge is -2.45. The number of H-pyrrole nitrogens is 1. The van der Waals surface area contributed by atoms with Gasteiger partial charge in [-0.05, 0) is 81.5 Å². The summed E-state index contributed by atoms with van der Waals surface area (Å²) < 4.78 is 43.2. The average Bonchev–Trinajstić information content (AvgIpc) is 3.70. The van der Waals surface area contributed by atoms with E-state index < -0.39 is 49.4 Å². The van der Waals surface area contributed by atoms with Crippen molar-refractivity contribution in [3.8, 4) is 17.6 Å². The van der Waals surface area contributed by atoms with Crippen LogP contribution >= 0.6 is 8.53 Å². The molecule has 2 bridgehead atoms. The zero-order chi connectivity index (χ0) is 40.0. The number of methoxy groups -OCH3 is 2. The van der Waals surface area contributed by atoms with Crippen LogP contribution in [-0.4, -0.2) is 64.9 Å². The van der Waals surface area contributed by atoms with Crippen LogP contribution in [0.1, 0.15) is 69.9 Å². The Bertz CT molecular complexity index is 2030. The van der Waals surface area contributed by atoms with Gasteiger partial charge in [0.05, 0.1) is 33.3 Å². The summed E-state index contributed by atoms with van der Waals surface area (Å²) in [5.74, 6) is 1.03. The highest BCUT2D eigenvalue weighted by atomic mass is 31.2. The lowest BCUT2D eigenvalue weighted by molar-refractivity contribution is -0.193. The van der Waals surface area contributed by atoms with Gasteiger partial charge in [-0.15, -0.1) is 6.58 Å². The second kappa shape index (κ2) is 17.7. The van der Waals surface area contributed by atoms with E-state index in [-0.39, 0.29) is 31.0 Å². The summed E-state index contributed by atoms with van der Waals surface area (Å²) in [5, 5.41) is 9.42. The third kappa shape index (κ3) is 7.85. The molecule has 3 unspecified atom stereocenters. The molecule has 0 radical (unpaired) electrons. The van der Waals surface area contributed by atoms with Gasteiger partial charge in [-0.3, -0.25) is 14.3 Å². The molecule has 1 aliphatic carbocycles. The van der Waals surface area contributed by atoms with Crippen LogP contribution in [0, 0.1) is 17.2 Å². The molecule has 4 aromatic rings. The monoisotopic (exact) mass is 782 g/mol. The lowest BCUT2D eigenvalue weighted by Crippen LogP contribution is -2.53. The zero-order valence-corrected chi connectivity index (χ0v) is 33.7. The second-order valence-corrected chi connectivity index (χ2v) is 15.9. The molecule has 2 fully saturated rings. The molecule has 6 rings (SSSR count). The van der Waals surface area contributed by atoms with Gasteiger partial charge in [-0.2, -0.15) is 5.26 Å². The maximum Gasteiger partial charge on any atom is 0.330 e. The summed E-state index contributed by atoms with van der Waals surface area (Å²) in [5.41, 5.74) is -1.02. The van der Waals surface area contributed by atoms with Crippen molar-refractivity contribution in [1.29, 1.82) is 5.26 Å². The molecule has 2 heterocycles. The number of rotatable bonds is 18. The van der Waals surface area contributed by atoms with E-state index in [2.05, 4.69) is 50.0 Å². The van der Waals surface area contributed by atoms with Crippen molar-refractivity contribution in [2.45, 2.75) is 88.7 Å². The number of nitrogens with one attached hydrogen (secondary N) is 1. The number of fused-ring (bicyclic) bond motifs is 2. The topological polar surface area (TPSA) is 137 Å². The number of aromatic amines is 1. The Morgan fingerprint density at radius 1 is 0.964 bits per heavy atom. The molecule has 1 saturated heterocycles. The Balaban J connectivity index is 1.55. The van der Waals surface area contributed by atoms with Crippen LogP contribution in [0.5, 0.6) is 11.5 Å². The largest absolute Gasteiger partial charge is 0.497 e. The molecule has 0 amide bonds. The summed E-state index contributed by atoms with van der Waals surface area (Å²) >= 11 is 0. The van der Waals surface area contributed by atoms with Crippen LogP contribution in [0.3, 0.4) is 0 Å². The average molecular weight is 783 g/mol. The van der Waals surface area contributed by atoms with Crippen molar-refractivity contribution < 1.29 is 28.0 Å². The van der Waals surface area contributed by atoms with Gasteiger partial charge in [0.2, 0.25) is 0 Å². The molecular weight excluding hydrogens is 731 g/mol. The highest BCUT2D eigenvalue weighted by molar-refractivity contribution is 7.44. The molecule has 3 aromatic carbocycles. The van der Waals surface area contributed by atoms with E-state index in [1.165, 1.54) is 16.8 Å². The van der Waals surface area contributed by atoms with Crippen LogP contribution in [0.15, 0.2) is 113 Å². The molecule has 296 valence electrons. The van der Waals surface area contributed by atoms with Crippen molar-refractivity contribution >= 4 is 8.53 Å². The van der Waals surface area contributed by atoms with Crippen molar-refractivity contribution in [2.75, 3.05) is 20.8 Å². The fraction of sp³-hybridized carbons (Fsp3) is 0.419. The molecule has 56 heavy (non-hydrogen) atoms. The van der Waals surface area contributed by atoms with Gasteiger partial charge in [0.1, 0.15) is 41.1 Å². The Kier molecular flexibility index (Phi) is 13.0. The van der Waals surface area contributed by atoms with Gasteiger partial charge in [0, 0.05) is 30.3 Å². The Hall–Kier alpha value is -4.60. The van der Waals surface area contributed by atoms with Gasteiger partial charge < -0.3 is 28.0 Å². The van der Waals surface area contributed by atoms with Crippen molar-refractivity contribution in [2.24, 2.45) is 5.92 Å². The van der Waals surface area contributed by atoms with Crippen molar-refractivity contribution in [3.05, 3.63) is 141 Å². The molecule has 1 saturated carbocycles. The summed E-state index contributed by atoms with van der Waals surface area (Å²) in [4.78, 5) is 28.0. The number of ether oxygens (including phenoxy) is 4. The van der Waals surface area contributed by atoms with Crippen molar-refractivity contribution in [3.63, 3.8) is 0 Å². The van der Waals surface area contributed by atoms with E-state index in [0.29, 0.717) is 24.3 Å². The summed E-state index contributed by atoms with van der Waals surface area (Å²) in [6, 6.07) is 29.1. The second-order valence-electron chi connectivity index (χ2n) is 14.5. The highest BCUT2D eigenvalue weighted by Crippen LogP contribution is 2.62. The first-order valence-electron chi connectivity index (χ1n) is 18.9. The number of hydrogen-bond donors (Lipinski definition) is 1. The van der Waals surface area contributed by atoms with Crippen LogP contribution in [0.25, 0.3) is 0 Å². The number of nitrogens with zero attached hydrogens (tertiary/aromatic N) is 3. The Morgan fingerprint density at radius 3 is 2.07 bits per heavy atom. The van der Waals surface area contributed by atoms with Crippen LogP contribution in [-0.2, 0) is 24.1 Å². The van der Waals surface area contributed by atoms with E-state index in [9.17, 15) is 14.9 Å². The first-order chi connectivity index (χ1) is 27.0. The third-order valence-electron chi connectivity index (χ3n) is 10.6. The van der Waals surface area contributed by atoms with Gasteiger partial charge in [-0.25, -0.2) is 9.46 Å². The molecule has 1 aromatic heterocycles. The van der Waals surface area contributed by atoms with Crippen molar-refractivity contribution in [1.82, 2.24) is 14.2 Å². The minimum absolute atomic E-state index is 0.0408. The maximum atomic E-state index is 13.4. The normalized spacial score (nSPS) is 21.6. The SMILES string of the molecule is C=C[C@@H](OC(c1ccccc1)(c1ccc(OC)cc1)c1ccc(OC)cc1)C12CC[C@@H](C(n3ccc(=O)[nH]c3=O)O1)[C@H]2OP(OCCC#N)N(C(C)C)C(C)C. The predicted octanol–water partition coefficient (Wildman–Crippen LogP) is 7.46. The van der Waals surface area contributed by atoms with E-state index in [4.69, 9.17) is 28.0 Å². The zero-order valence-electron chi connectivity index (χ0n) is 32.8. The van der Waals surface area contributed by atoms with Gasteiger partial charge in [-0.1, -0.05) is 60.7 Å². The van der Waals surface area contributed by atoms with Gasteiger partial charge in [0.15, 0.2) is 0 Å². The summed E-state index contributed by atoms with van der Waals surface area (Å²) in [7, 11) is 1.52. The molecule has 2 aliphatic rings. The molecular formula is C43H51N4O8P. The minimum Gasteiger partial charge on any atom is -0.497 e. The fourth-order valence-corrected chi connectivity index (χ4v) is 10.00. The van der Waals surface area contributed by atoms with E-state index in [0.717, 1.165) is 16.7 Å². The third-order valence-corrected chi connectivity index (χ3v) is 12.7. The number of benzene rings is 3. The van der Waals surface area contributed by atoms with Gasteiger partial charge >= 0.3 is 5.69 Å². The Labute approximate surface area is 329 Å². The number of hydrogen-bond acceptors (Lipinski definition) is 10. The standard InChI is InChI=1S/C43H51N4O8P/c1-8-37(53-43(31-13-10-9-11-14-31,32-15-19-34(50-6)20-16-32)33-17-21-35(51-7)22-18-33)42-25-23-36(40(54-42)46-27-24-38(48)45-41(46)49)39(42)55-56(52-28-12-26-44)47(29(2)3)30(4)5/h8-11,13-22,24,27,29-30,36-37,39-40H,1,12,23,25,28H2,2-7H3,(H,45,48,49)/t36-,37-,39-,40?,42?,56?/m1/s1. The predicted molar refractivity (Wildman–Crippen MR) is 214 cm³/mol. The van der Waals surface area contributed by atoms with E-state index >= 15 is 0 Å². The molecule has 6 atom stereocenters. The maximum absolute atomic E-state index is 13.4. The molecule has 0 spiro atoms.